The van der Waals surface area contributed by atoms with E-state index in [1.54, 1.807) is 12.1 Å². The van der Waals surface area contributed by atoms with Crippen LogP contribution < -0.4 is 14.8 Å². The molecule has 0 unspecified atom stereocenters. The maximum atomic E-state index is 12.2. The molecule has 1 aromatic carbocycles. The van der Waals surface area contributed by atoms with E-state index in [4.69, 9.17) is 18.9 Å². The van der Waals surface area contributed by atoms with Crippen LogP contribution >= 0.6 is 11.3 Å². The van der Waals surface area contributed by atoms with Crippen molar-refractivity contribution in [1.82, 2.24) is 0 Å². The minimum Gasteiger partial charge on any atom is -0.493 e. The number of methoxy groups -OCH3 is 2. The molecule has 1 aliphatic carbocycles. The monoisotopic (exact) mass is 433 g/mol. The van der Waals surface area contributed by atoms with Crippen LogP contribution in [-0.4, -0.2) is 45.3 Å². The van der Waals surface area contributed by atoms with Gasteiger partial charge >= 0.3 is 11.9 Å². The van der Waals surface area contributed by atoms with Crippen LogP contribution in [0, 0.1) is 6.92 Å². The van der Waals surface area contributed by atoms with Crippen LogP contribution in [0.1, 0.15) is 32.8 Å². The summed E-state index contributed by atoms with van der Waals surface area (Å²) in [7, 11) is 2.81. The first-order chi connectivity index (χ1) is 14.4. The van der Waals surface area contributed by atoms with Gasteiger partial charge in [0.2, 0.25) is 0 Å². The van der Waals surface area contributed by atoms with E-state index in [1.807, 2.05) is 13.0 Å². The second-order valence-electron chi connectivity index (χ2n) is 6.70. The average Bonchev–Trinajstić information content (AvgIpc) is 3.31. The van der Waals surface area contributed by atoms with Crippen molar-refractivity contribution in [2.24, 2.45) is 0 Å². The number of benzene rings is 1. The molecule has 0 atom stereocenters. The number of carbonyl (C=O) groups is 3. The summed E-state index contributed by atoms with van der Waals surface area (Å²) in [4.78, 5) is 37.3. The normalized spacial score (nSPS) is 12.1. The van der Waals surface area contributed by atoms with E-state index in [2.05, 4.69) is 5.32 Å². The lowest BCUT2D eigenvalue weighted by molar-refractivity contribution is -0.149. The van der Waals surface area contributed by atoms with Crippen molar-refractivity contribution in [2.75, 3.05) is 32.8 Å². The predicted octanol–water partition coefficient (Wildman–Crippen LogP) is 2.90. The summed E-state index contributed by atoms with van der Waals surface area (Å²) in [5.41, 5.74) is 2.31. The molecule has 0 aliphatic heterocycles. The van der Waals surface area contributed by atoms with Gasteiger partial charge in [0.1, 0.15) is 5.00 Å². The largest absolute Gasteiger partial charge is 0.493 e. The molecule has 9 heteroatoms. The highest BCUT2D eigenvalue weighted by molar-refractivity contribution is 7.17. The molecular weight excluding hydrogens is 410 g/mol. The fraction of sp³-hybridized carbons (Fsp3) is 0.381. The number of hydrogen-bond donors (Lipinski definition) is 1. The number of carbonyl (C=O) groups excluding carboxylic acids is 3. The van der Waals surface area contributed by atoms with Crippen molar-refractivity contribution in [3.05, 3.63) is 39.8 Å². The summed E-state index contributed by atoms with van der Waals surface area (Å²) in [5, 5.41) is 3.07. The molecule has 8 nitrogen and oxygen atoms in total. The molecule has 160 valence electrons. The first kappa shape index (κ1) is 21.6. The molecule has 1 heterocycles. The second-order valence-corrected chi connectivity index (χ2v) is 7.81. The number of rotatable bonds is 8. The highest BCUT2D eigenvalue weighted by Crippen LogP contribution is 2.39. The lowest BCUT2D eigenvalue weighted by atomic mass is 10.1. The zero-order chi connectivity index (χ0) is 21.7. The molecule has 0 spiro atoms. The van der Waals surface area contributed by atoms with Crippen LogP contribution in [0.2, 0.25) is 0 Å². The Labute approximate surface area is 178 Å². The van der Waals surface area contributed by atoms with E-state index >= 15 is 0 Å². The molecule has 1 amide bonds. The molecule has 0 saturated carbocycles. The Morgan fingerprint density at radius 2 is 1.90 bits per heavy atom. The van der Waals surface area contributed by atoms with Crippen LogP contribution in [0.15, 0.2) is 18.2 Å². The van der Waals surface area contributed by atoms with Crippen molar-refractivity contribution in [1.29, 1.82) is 0 Å². The predicted molar refractivity (Wildman–Crippen MR) is 110 cm³/mol. The minimum absolute atomic E-state index is 0.368. The van der Waals surface area contributed by atoms with Gasteiger partial charge in [0.25, 0.3) is 5.91 Å². The Morgan fingerprint density at radius 1 is 1.10 bits per heavy atom. The number of amides is 1. The molecule has 1 aliphatic rings. The maximum Gasteiger partial charge on any atom is 0.344 e. The number of aryl methyl sites for hydroxylation is 2. The molecule has 1 aromatic heterocycles. The number of hydrogen-bond acceptors (Lipinski definition) is 8. The number of esters is 2. The van der Waals surface area contributed by atoms with Crippen LogP contribution in [-0.2, 0) is 31.9 Å². The SMILES string of the molecule is COC(=O)c1c(NC(=O)COC(=O)COc2ccc(C)cc2OC)sc2c1CCC2. The van der Waals surface area contributed by atoms with Crippen LogP contribution in [0.4, 0.5) is 5.00 Å². The minimum atomic E-state index is -0.699. The molecule has 0 saturated heterocycles. The van der Waals surface area contributed by atoms with Gasteiger partial charge in [-0.25, -0.2) is 9.59 Å². The number of anilines is 1. The molecule has 3 rings (SSSR count). The van der Waals surface area contributed by atoms with Crippen molar-refractivity contribution in [3.63, 3.8) is 0 Å². The fourth-order valence-corrected chi connectivity index (χ4v) is 4.49. The average molecular weight is 433 g/mol. The number of fused-ring (bicyclic) bond motifs is 1. The molecule has 30 heavy (non-hydrogen) atoms. The Hall–Kier alpha value is -3.07. The van der Waals surface area contributed by atoms with E-state index in [1.165, 1.54) is 25.6 Å². The molecule has 2 aromatic rings. The van der Waals surface area contributed by atoms with Gasteiger partial charge in [-0.05, 0) is 49.4 Å². The summed E-state index contributed by atoms with van der Waals surface area (Å²) >= 11 is 1.36. The maximum absolute atomic E-state index is 12.2. The highest BCUT2D eigenvalue weighted by Gasteiger charge is 2.28. The van der Waals surface area contributed by atoms with Crippen LogP contribution in [0.25, 0.3) is 0 Å². The molecule has 0 radical (unpaired) electrons. The van der Waals surface area contributed by atoms with Crippen molar-refractivity contribution >= 4 is 34.2 Å². The van der Waals surface area contributed by atoms with Gasteiger partial charge in [-0.3, -0.25) is 4.79 Å². The lowest BCUT2D eigenvalue weighted by Gasteiger charge is -2.11. The van der Waals surface area contributed by atoms with Crippen molar-refractivity contribution in [3.8, 4) is 11.5 Å². The summed E-state index contributed by atoms with van der Waals surface area (Å²) in [6.07, 6.45) is 2.62. The lowest BCUT2D eigenvalue weighted by Crippen LogP contribution is -2.24. The van der Waals surface area contributed by atoms with E-state index in [-0.39, 0.29) is 6.61 Å². The first-order valence-electron chi connectivity index (χ1n) is 9.38. The number of nitrogens with one attached hydrogen (secondary N) is 1. The van der Waals surface area contributed by atoms with Gasteiger partial charge in [-0.2, -0.15) is 0 Å². The van der Waals surface area contributed by atoms with Crippen molar-refractivity contribution < 1.29 is 33.3 Å². The zero-order valence-corrected chi connectivity index (χ0v) is 17.9. The third-order valence-corrected chi connectivity index (χ3v) is 5.80. The highest BCUT2D eigenvalue weighted by atomic mass is 32.1. The van der Waals surface area contributed by atoms with E-state index in [0.29, 0.717) is 22.1 Å². The summed E-state index contributed by atoms with van der Waals surface area (Å²) in [6.45, 7) is 1.05. The summed E-state index contributed by atoms with van der Waals surface area (Å²) in [6, 6.07) is 5.30. The van der Waals surface area contributed by atoms with E-state index in [9.17, 15) is 14.4 Å². The van der Waals surface area contributed by atoms with Gasteiger partial charge in [-0.15, -0.1) is 11.3 Å². The zero-order valence-electron chi connectivity index (χ0n) is 17.0. The van der Waals surface area contributed by atoms with Crippen LogP contribution in [0.5, 0.6) is 11.5 Å². The third kappa shape index (κ3) is 4.91. The summed E-state index contributed by atoms with van der Waals surface area (Å²) in [5.74, 6) is -0.819. The quantitative estimate of drug-likeness (QED) is 0.639. The second kappa shape index (κ2) is 9.62. The standard InChI is InChI=1S/C21H23NO7S/c1-12-7-8-14(15(9-12)26-2)28-11-18(24)29-10-17(23)22-20-19(21(25)27-3)13-5-4-6-16(13)30-20/h7-9H,4-6,10-11H2,1-3H3,(H,22,23). The van der Waals surface area contributed by atoms with Gasteiger partial charge in [0.05, 0.1) is 19.8 Å². The molecule has 0 bridgehead atoms. The smallest absolute Gasteiger partial charge is 0.344 e. The molecular formula is C21H23NO7S. The van der Waals surface area contributed by atoms with Gasteiger partial charge in [0.15, 0.2) is 24.7 Å². The number of ether oxygens (including phenoxy) is 4. The first-order valence-corrected chi connectivity index (χ1v) is 10.2. The van der Waals surface area contributed by atoms with Crippen LogP contribution in [0.3, 0.4) is 0 Å². The Bertz CT molecular complexity index is 967. The van der Waals surface area contributed by atoms with Gasteiger partial charge in [-0.1, -0.05) is 6.07 Å². The Balaban J connectivity index is 1.53. The third-order valence-electron chi connectivity index (χ3n) is 4.59. The van der Waals surface area contributed by atoms with Gasteiger partial charge in [0, 0.05) is 4.88 Å². The Kier molecular flexibility index (Phi) is 6.94. The Morgan fingerprint density at radius 3 is 2.63 bits per heavy atom. The molecule has 1 N–H and O–H groups in total. The topological polar surface area (TPSA) is 100 Å². The van der Waals surface area contributed by atoms with E-state index < -0.39 is 24.5 Å². The number of thiophene rings is 1. The summed E-state index contributed by atoms with van der Waals surface area (Å²) < 4.78 is 20.4. The van der Waals surface area contributed by atoms with Crippen molar-refractivity contribution in [2.45, 2.75) is 26.2 Å². The fourth-order valence-electron chi connectivity index (χ4n) is 3.19. The van der Waals surface area contributed by atoms with Gasteiger partial charge < -0.3 is 24.3 Å². The van der Waals surface area contributed by atoms with E-state index in [0.717, 1.165) is 35.3 Å². The molecule has 0 fully saturated rings.